The van der Waals surface area contributed by atoms with E-state index >= 15 is 0 Å². The minimum atomic E-state index is -2.27. The van der Waals surface area contributed by atoms with Crippen LogP contribution in [0.15, 0.2) is 30.3 Å². The SMILES string of the molecule is CCO[Si](CC)(OCC)OCC.Cc1ccccc1.N#CC#N. The Morgan fingerprint density at radius 3 is 1.39 bits per heavy atom. The molecule has 1 rings (SSSR count). The van der Waals surface area contributed by atoms with E-state index < -0.39 is 8.80 Å². The van der Waals surface area contributed by atoms with Crippen LogP contribution in [0.25, 0.3) is 0 Å². The lowest BCUT2D eigenvalue weighted by atomic mass is 10.2. The van der Waals surface area contributed by atoms with Gasteiger partial charge in [-0.1, -0.05) is 42.8 Å². The highest BCUT2D eigenvalue weighted by Crippen LogP contribution is 2.14. The van der Waals surface area contributed by atoms with Crippen LogP contribution >= 0.6 is 0 Å². The second-order valence-electron chi connectivity index (χ2n) is 4.21. The molecule has 128 valence electrons. The molecular weight excluding hydrogens is 308 g/mol. The van der Waals surface area contributed by atoms with Crippen molar-refractivity contribution in [3.8, 4) is 12.1 Å². The van der Waals surface area contributed by atoms with Crippen molar-refractivity contribution in [2.45, 2.75) is 40.7 Å². The van der Waals surface area contributed by atoms with Crippen LogP contribution in [-0.2, 0) is 13.3 Å². The third-order valence-corrected chi connectivity index (χ3v) is 5.57. The summed E-state index contributed by atoms with van der Waals surface area (Å²) < 4.78 is 16.7. The van der Waals surface area contributed by atoms with Crippen LogP contribution in [0.1, 0.15) is 33.3 Å². The van der Waals surface area contributed by atoms with Gasteiger partial charge >= 0.3 is 8.80 Å². The summed E-state index contributed by atoms with van der Waals surface area (Å²) in [5.41, 5.74) is 1.32. The molecule has 0 saturated carbocycles. The number of nitriles is 2. The number of hydrogen-bond acceptors (Lipinski definition) is 5. The lowest BCUT2D eigenvalue weighted by Crippen LogP contribution is -2.45. The van der Waals surface area contributed by atoms with Crippen LogP contribution in [0.2, 0.25) is 6.04 Å². The van der Waals surface area contributed by atoms with Crippen LogP contribution in [-0.4, -0.2) is 28.6 Å². The van der Waals surface area contributed by atoms with Gasteiger partial charge in [-0.05, 0) is 27.7 Å². The Kier molecular flexibility index (Phi) is 17.1. The minimum Gasteiger partial charge on any atom is -0.374 e. The van der Waals surface area contributed by atoms with E-state index in [1.807, 2.05) is 45.9 Å². The van der Waals surface area contributed by atoms with E-state index in [-0.39, 0.29) is 0 Å². The molecular formula is C17H28N2O3Si. The van der Waals surface area contributed by atoms with E-state index in [2.05, 4.69) is 19.1 Å². The molecule has 1 aromatic carbocycles. The van der Waals surface area contributed by atoms with Crippen molar-refractivity contribution in [1.29, 1.82) is 10.5 Å². The molecule has 0 spiro atoms. The molecule has 0 fully saturated rings. The quantitative estimate of drug-likeness (QED) is 0.701. The van der Waals surface area contributed by atoms with Crippen LogP contribution in [0.3, 0.4) is 0 Å². The molecule has 0 aliphatic rings. The first-order valence-electron chi connectivity index (χ1n) is 7.77. The summed E-state index contributed by atoms with van der Waals surface area (Å²) in [6.45, 7) is 12.0. The highest BCUT2D eigenvalue weighted by Gasteiger charge is 2.37. The summed E-state index contributed by atoms with van der Waals surface area (Å²) in [7, 11) is -2.27. The molecule has 0 aliphatic carbocycles. The summed E-state index contributed by atoms with van der Waals surface area (Å²) in [5, 5.41) is 14.5. The van der Waals surface area contributed by atoms with Gasteiger partial charge in [-0.15, -0.1) is 0 Å². The van der Waals surface area contributed by atoms with Crippen molar-refractivity contribution in [2.24, 2.45) is 0 Å². The van der Waals surface area contributed by atoms with Crippen LogP contribution < -0.4 is 0 Å². The molecule has 0 saturated heterocycles. The van der Waals surface area contributed by atoms with Gasteiger partial charge in [-0.2, -0.15) is 10.5 Å². The van der Waals surface area contributed by atoms with Crippen LogP contribution in [0, 0.1) is 29.6 Å². The molecule has 5 nitrogen and oxygen atoms in total. The van der Waals surface area contributed by atoms with Gasteiger partial charge in [0.05, 0.1) is 0 Å². The lowest BCUT2D eigenvalue weighted by Gasteiger charge is -2.26. The lowest BCUT2D eigenvalue weighted by molar-refractivity contribution is 0.0725. The Morgan fingerprint density at radius 1 is 0.826 bits per heavy atom. The third kappa shape index (κ3) is 13.7. The van der Waals surface area contributed by atoms with E-state index in [4.69, 9.17) is 23.8 Å². The predicted molar refractivity (Wildman–Crippen MR) is 93.5 cm³/mol. The van der Waals surface area contributed by atoms with Crippen molar-refractivity contribution < 1.29 is 13.3 Å². The average Bonchev–Trinajstić information content (AvgIpc) is 2.57. The second-order valence-corrected chi connectivity index (χ2v) is 7.15. The Bertz CT molecular complexity index is 426. The predicted octanol–water partition coefficient (Wildman–Crippen LogP) is 4.08. The normalized spacial score (nSPS) is 9.35. The topological polar surface area (TPSA) is 75.3 Å². The zero-order chi connectivity index (χ0) is 18.0. The summed E-state index contributed by atoms with van der Waals surface area (Å²) in [5.74, 6) is 0. The van der Waals surface area contributed by atoms with Crippen molar-refractivity contribution >= 4 is 8.80 Å². The highest BCUT2D eigenvalue weighted by atomic mass is 28.4. The van der Waals surface area contributed by atoms with E-state index in [0.717, 1.165) is 6.04 Å². The Balaban J connectivity index is 0. The van der Waals surface area contributed by atoms with Crippen molar-refractivity contribution in [3.05, 3.63) is 35.9 Å². The molecule has 0 bridgehead atoms. The van der Waals surface area contributed by atoms with Crippen molar-refractivity contribution in [2.75, 3.05) is 19.8 Å². The van der Waals surface area contributed by atoms with Gasteiger partial charge in [0.2, 0.25) is 0 Å². The molecule has 0 aromatic heterocycles. The smallest absolute Gasteiger partial charge is 0.374 e. The van der Waals surface area contributed by atoms with E-state index in [1.165, 1.54) is 17.7 Å². The average molecular weight is 337 g/mol. The summed E-state index contributed by atoms with van der Waals surface area (Å²) >= 11 is 0. The maximum atomic E-state index is 7.26. The summed E-state index contributed by atoms with van der Waals surface area (Å²) in [4.78, 5) is 0. The maximum Gasteiger partial charge on any atom is 0.500 e. The summed E-state index contributed by atoms with van der Waals surface area (Å²) in [6, 6.07) is 13.6. The molecule has 0 atom stereocenters. The number of nitrogens with zero attached hydrogens (tertiary/aromatic N) is 2. The number of aryl methyl sites for hydroxylation is 1. The summed E-state index contributed by atoms with van der Waals surface area (Å²) in [6.07, 6.45) is 0. The highest BCUT2D eigenvalue weighted by molar-refractivity contribution is 6.60. The third-order valence-electron chi connectivity index (χ3n) is 2.52. The molecule has 0 unspecified atom stereocenters. The molecule has 0 radical (unpaired) electrons. The van der Waals surface area contributed by atoms with Gasteiger partial charge < -0.3 is 13.3 Å². The largest absolute Gasteiger partial charge is 0.500 e. The fraction of sp³-hybridized carbons (Fsp3) is 0.529. The zero-order valence-corrected chi connectivity index (χ0v) is 15.8. The van der Waals surface area contributed by atoms with Crippen LogP contribution in [0.4, 0.5) is 0 Å². The van der Waals surface area contributed by atoms with Gasteiger partial charge in [0.25, 0.3) is 0 Å². The molecule has 6 heteroatoms. The van der Waals surface area contributed by atoms with Crippen molar-refractivity contribution in [1.82, 2.24) is 0 Å². The molecule has 0 N–H and O–H groups in total. The molecule has 1 aromatic rings. The number of rotatable bonds is 7. The van der Waals surface area contributed by atoms with Crippen molar-refractivity contribution in [3.63, 3.8) is 0 Å². The van der Waals surface area contributed by atoms with Gasteiger partial charge in [0.1, 0.15) is 0 Å². The molecule has 0 heterocycles. The Labute approximate surface area is 141 Å². The maximum absolute atomic E-state index is 7.26. The standard InChI is InChI=1S/C8H20O3Si.C7H8.C2N2/c1-5-9-12(8-4,10-6-2)11-7-3;1-7-5-3-2-4-6-7;3-1-2-4/h5-8H2,1-4H3;2-6H,1H3;. The van der Waals surface area contributed by atoms with Gasteiger partial charge in [-0.25, -0.2) is 0 Å². The first-order valence-corrected chi connectivity index (χ1v) is 9.70. The Morgan fingerprint density at radius 2 is 1.22 bits per heavy atom. The molecule has 0 amide bonds. The van der Waals surface area contributed by atoms with Gasteiger partial charge in [-0.3, -0.25) is 0 Å². The van der Waals surface area contributed by atoms with E-state index in [9.17, 15) is 0 Å². The van der Waals surface area contributed by atoms with Crippen LogP contribution in [0.5, 0.6) is 0 Å². The monoisotopic (exact) mass is 336 g/mol. The number of benzene rings is 1. The molecule has 23 heavy (non-hydrogen) atoms. The fourth-order valence-corrected chi connectivity index (χ4v) is 3.81. The first-order chi connectivity index (χ1) is 11.1. The van der Waals surface area contributed by atoms with E-state index in [1.54, 1.807) is 0 Å². The Hall–Kier alpha value is -1.70. The first kappa shape index (κ1) is 23.6. The second kappa shape index (κ2) is 16.7. The fourth-order valence-electron chi connectivity index (χ4n) is 1.63. The van der Waals surface area contributed by atoms with E-state index in [0.29, 0.717) is 19.8 Å². The number of hydrogen-bond donors (Lipinski definition) is 0. The van der Waals surface area contributed by atoms with Gasteiger partial charge in [0, 0.05) is 25.9 Å². The van der Waals surface area contributed by atoms with Gasteiger partial charge in [0.15, 0.2) is 12.1 Å². The molecule has 0 aliphatic heterocycles. The minimum absolute atomic E-state index is 0.667. The zero-order valence-electron chi connectivity index (χ0n) is 14.8.